The molecule has 3 saturated carbocycles. The van der Waals surface area contributed by atoms with Gasteiger partial charge in [0.15, 0.2) is 0 Å². The van der Waals surface area contributed by atoms with Crippen molar-refractivity contribution in [3.8, 4) is 0 Å². The lowest BCUT2D eigenvalue weighted by Crippen LogP contribution is -2.65. The summed E-state index contributed by atoms with van der Waals surface area (Å²) in [7, 11) is 0. The van der Waals surface area contributed by atoms with Crippen molar-refractivity contribution in [2.45, 2.75) is 137 Å². The van der Waals surface area contributed by atoms with Crippen molar-refractivity contribution in [2.75, 3.05) is 0 Å². The molecular formula is C32H50O6. The Bertz CT molecular complexity index is 1060. The Kier molecular flexibility index (Phi) is 6.43. The Labute approximate surface area is 228 Å². The first-order valence-electron chi connectivity index (χ1n) is 14.9. The highest BCUT2D eigenvalue weighted by Gasteiger charge is 2.70. The molecule has 1 aliphatic heterocycles. The van der Waals surface area contributed by atoms with E-state index in [1.807, 2.05) is 13.8 Å². The van der Waals surface area contributed by atoms with E-state index in [4.69, 9.17) is 9.47 Å². The van der Waals surface area contributed by atoms with Gasteiger partial charge in [-0.3, -0.25) is 9.59 Å². The number of aliphatic hydroxyl groups excluding tert-OH is 2. The number of esters is 1. The Balaban J connectivity index is 1.55. The van der Waals surface area contributed by atoms with Crippen molar-refractivity contribution in [3.05, 3.63) is 11.1 Å². The van der Waals surface area contributed by atoms with Crippen LogP contribution in [0.5, 0.6) is 0 Å². The molecule has 0 radical (unpaired) electrons. The van der Waals surface area contributed by atoms with Crippen molar-refractivity contribution in [3.63, 3.8) is 0 Å². The molecule has 0 aromatic rings. The first kappa shape index (κ1) is 28.3. The van der Waals surface area contributed by atoms with Crippen LogP contribution in [-0.2, 0) is 19.1 Å². The summed E-state index contributed by atoms with van der Waals surface area (Å²) in [5, 5.41) is 23.0. The average molecular weight is 531 g/mol. The Morgan fingerprint density at radius 2 is 1.76 bits per heavy atom. The lowest BCUT2D eigenvalue weighted by Gasteiger charge is -2.68. The number of fused-ring (bicyclic) bond motifs is 5. The van der Waals surface area contributed by atoms with Crippen LogP contribution in [0, 0.1) is 39.4 Å². The zero-order valence-corrected chi connectivity index (χ0v) is 25.0. The third-order valence-corrected chi connectivity index (χ3v) is 12.5. The third-order valence-electron chi connectivity index (χ3n) is 12.5. The van der Waals surface area contributed by atoms with Crippen LogP contribution in [0.15, 0.2) is 11.1 Å². The second kappa shape index (κ2) is 8.63. The Morgan fingerprint density at radius 3 is 2.34 bits per heavy atom. The summed E-state index contributed by atoms with van der Waals surface area (Å²) >= 11 is 0. The van der Waals surface area contributed by atoms with E-state index >= 15 is 0 Å². The molecule has 0 spiro atoms. The van der Waals surface area contributed by atoms with Crippen molar-refractivity contribution < 1.29 is 29.3 Å². The van der Waals surface area contributed by atoms with E-state index in [1.165, 1.54) is 12.5 Å². The predicted molar refractivity (Wildman–Crippen MR) is 145 cm³/mol. The van der Waals surface area contributed by atoms with Crippen LogP contribution >= 0.6 is 0 Å². The van der Waals surface area contributed by atoms with Crippen LogP contribution in [0.25, 0.3) is 0 Å². The zero-order valence-electron chi connectivity index (χ0n) is 25.0. The van der Waals surface area contributed by atoms with Crippen LogP contribution in [0.4, 0.5) is 0 Å². The van der Waals surface area contributed by atoms with Crippen LogP contribution in [-0.4, -0.2) is 52.0 Å². The molecule has 10 atom stereocenters. The lowest BCUT2D eigenvalue weighted by molar-refractivity contribution is -0.210. The highest BCUT2D eigenvalue weighted by atomic mass is 16.6. The highest BCUT2D eigenvalue weighted by molar-refractivity contribution is 5.85. The van der Waals surface area contributed by atoms with Crippen LogP contribution in [0.2, 0.25) is 0 Å². The topological polar surface area (TPSA) is 96.4 Å². The molecule has 5 aliphatic rings. The zero-order chi connectivity index (χ0) is 28.2. The summed E-state index contributed by atoms with van der Waals surface area (Å²) < 4.78 is 11.7. The van der Waals surface area contributed by atoms with E-state index in [0.29, 0.717) is 31.5 Å². The maximum Gasteiger partial charge on any atom is 0.303 e. The highest BCUT2D eigenvalue weighted by Crippen LogP contribution is 2.74. The van der Waals surface area contributed by atoms with Gasteiger partial charge in [-0.1, -0.05) is 47.1 Å². The van der Waals surface area contributed by atoms with Crippen molar-refractivity contribution in [2.24, 2.45) is 39.4 Å². The van der Waals surface area contributed by atoms with Crippen LogP contribution in [0.1, 0.15) is 107 Å². The van der Waals surface area contributed by atoms with Gasteiger partial charge in [-0.2, -0.15) is 0 Å². The van der Waals surface area contributed by atoms with Crippen LogP contribution in [0.3, 0.4) is 0 Å². The maximum atomic E-state index is 13.0. The van der Waals surface area contributed by atoms with Gasteiger partial charge in [-0.15, -0.1) is 0 Å². The number of ketones is 1. The first-order chi connectivity index (χ1) is 17.4. The Morgan fingerprint density at radius 1 is 1.13 bits per heavy atom. The largest absolute Gasteiger partial charge is 0.458 e. The van der Waals surface area contributed by atoms with E-state index in [9.17, 15) is 19.8 Å². The van der Waals surface area contributed by atoms with Gasteiger partial charge in [0.1, 0.15) is 18.0 Å². The Hall–Kier alpha value is -1.24. The number of hydrogen-bond acceptors (Lipinski definition) is 6. The molecule has 0 aromatic carbocycles. The van der Waals surface area contributed by atoms with Gasteiger partial charge in [-0.25, -0.2) is 0 Å². The summed E-state index contributed by atoms with van der Waals surface area (Å²) in [6.07, 6.45) is 3.48. The van der Waals surface area contributed by atoms with E-state index in [2.05, 4.69) is 41.5 Å². The molecule has 0 bridgehead atoms. The summed E-state index contributed by atoms with van der Waals surface area (Å²) in [6, 6.07) is 0. The van der Waals surface area contributed by atoms with E-state index < -0.39 is 12.2 Å². The number of carbonyl (C=O) groups is 2. The summed E-state index contributed by atoms with van der Waals surface area (Å²) in [4.78, 5) is 25.3. The molecule has 214 valence electrons. The maximum absolute atomic E-state index is 13.0. The second-order valence-corrected chi connectivity index (χ2v) is 15.3. The van der Waals surface area contributed by atoms with Gasteiger partial charge >= 0.3 is 5.97 Å². The molecule has 2 N–H and O–H groups in total. The van der Waals surface area contributed by atoms with E-state index in [-0.39, 0.29) is 63.2 Å². The predicted octanol–water partition coefficient (Wildman–Crippen LogP) is 5.38. The van der Waals surface area contributed by atoms with Crippen molar-refractivity contribution in [1.29, 1.82) is 0 Å². The number of carbonyl (C=O) groups excluding carboxylic acids is 2. The summed E-state index contributed by atoms with van der Waals surface area (Å²) in [5.74, 6) is 0.374. The van der Waals surface area contributed by atoms with Gasteiger partial charge in [0, 0.05) is 18.8 Å². The molecule has 6 nitrogen and oxygen atoms in total. The number of epoxide rings is 1. The quantitative estimate of drug-likeness (QED) is 0.281. The number of Topliss-reactive ketones (excluding diaryl/α,β-unsaturated/α-hetero) is 1. The SMILES string of the molecule is CC(=O)O[C@@H]1C[C@@]2(C)C(=C1[C@H](C)C[C@H](O)[C@H]1OC1(C)C)C[C@H](O)[C@H]1[C@@]3(C)CCC(=O)C(C)(C)[C@@H]3CC[C@@]12C. The summed E-state index contributed by atoms with van der Waals surface area (Å²) in [6.45, 7) is 18.9. The van der Waals surface area contributed by atoms with Gasteiger partial charge in [0.05, 0.1) is 17.8 Å². The number of rotatable bonds is 5. The number of hydrogen-bond donors (Lipinski definition) is 2. The molecule has 1 saturated heterocycles. The van der Waals surface area contributed by atoms with Crippen LogP contribution < -0.4 is 0 Å². The second-order valence-electron chi connectivity index (χ2n) is 15.3. The molecule has 38 heavy (non-hydrogen) atoms. The molecule has 0 aromatic heterocycles. The molecule has 5 rings (SSSR count). The third kappa shape index (κ3) is 3.83. The fourth-order valence-corrected chi connectivity index (χ4v) is 10.5. The van der Waals surface area contributed by atoms with E-state index in [0.717, 1.165) is 24.8 Å². The standard InChI is InChI=1S/C32H50O6/c1-17(14-21(35)27-29(5,6)38-27)25-19-15-20(34)26-30(7)12-11-24(36)28(3,4)23(30)10-13-31(26,8)32(19,9)16-22(25)37-18(2)33/h17,20-23,26-27,34-35H,10-16H2,1-9H3/t17-,20+,21+,22-,23+,26+,27-,30+,31+,32+/m1/s1. The van der Waals surface area contributed by atoms with E-state index in [1.54, 1.807) is 0 Å². The smallest absolute Gasteiger partial charge is 0.303 e. The lowest BCUT2D eigenvalue weighted by atomic mass is 9.36. The molecule has 1 heterocycles. The minimum Gasteiger partial charge on any atom is -0.458 e. The van der Waals surface area contributed by atoms with Gasteiger partial charge in [-0.05, 0) is 91.9 Å². The minimum atomic E-state index is -0.592. The van der Waals surface area contributed by atoms with Crippen molar-refractivity contribution >= 4 is 11.8 Å². The average Bonchev–Trinajstić information content (AvgIpc) is 3.32. The molecular weight excluding hydrogens is 480 g/mol. The molecule has 4 aliphatic carbocycles. The molecule has 0 amide bonds. The van der Waals surface area contributed by atoms with Gasteiger partial charge < -0.3 is 19.7 Å². The molecule has 6 heteroatoms. The van der Waals surface area contributed by atoms with Gasteiger partial charge in [0.25, 0.3) is 0 Å². The van der Waals surface area contributed by atoms with Crippen molar-refractivity contribution in [1.82, 2.24) is 0 Å². The summed E-state index contributed by atoms with van der Waals surface area (Å²) in [5.41, 5.74) is 1.10. The van der Waals surface area contributed by atoms with Gasteiger partial charge in [0.2, 0.25) is 0 Å². The fourth-order valence-electron chi connectivity index (χ4n) is 10.5. The minimum absolute atomic E-state index is 0.00307. The molecule has 4 fully saturated rings. The molecule has 0 unspecified atom stereocenters. The monoisotopic (exact) mass is 530 g/mol. The fraction of sp³-hybridized carbons (Fsp3) is 0.875. The normalized spacial score (nSPS) is 46.5. The first-order valence-corrected chi connectivity index (χ1v) is 14.9. The number of aliphatic hydroxyl groups is 2. The number of ether oxygens (including phenoxy) is 2.